The van der Waals surface area contributed by atoms with Crippen LogP contribution in [-0.2, 0) is 16.0 Å². The Labute approximate surface area is 139 Å². The Bertz CT molecular complexity index is 502. The first-order chi connectivity index (χ1) is 10.8. The molecule has 1 heterocycles. The van der Waals surface area contributed by atoms with Gasteiger partial charge >= 0.3 is 6.09 Å². The summed E-state index contributed by atoms with van der Waals surface area (Å²) in [6, 6.07) is 8.27. The quantitative estimate of drug-likeness (QED) is 0.926. The topological polar surface area (TPSA) is 50.8 Å². The van der Waals surface area contributed by atoms with E-state index >= 15 is 0 Å². The molecule has 1 N–H and O–H groups in total. The Morgan fingerprint density at radius 3 is 2.43 bits per heavy atom. The van der Waals surface area contributed by atoms with Crippen molar-refractivity contribution in [2.24, 2.45) is 0 Å². The first kappa shape index (κ1) is 17.8. The number of ether oxygens (including phenoxy) is 2. The van der Waals surface area contributed by atoms with Crippen LogP contribution in [0.15, 0.2) is 24.3 Å². The largest absolute Gasteiger partial charge is 0.442 e. The molecule has 1 aliphatic heterocycles. The number of morpholine rings is 1. The zero-order chi connectivity index (χ0) is 16.9. The van der Waals surface area contributed by atoms with Crippen molar-refractivity contribution in [1.82, 2.24) is 10.2 Å². The minimum absolute atomic E-state index is 0.269. The van der Waals surface area contributed by atoms with Crippen molar-refractivity contribution < 1.29 is 14.3 Å². The summed E-state index contributed by atoms with van der Waals surface area (Å²) in [6.07, 6.45) is -0.655. The number of hydrogen-bond acceptors (Lipinski definition) is 4. The number of carbonyl (C=O) groups excluding carboxylic acids is 1. The minimum atomic E-state index is -0.387. The molecule has 0 aromatic heterocycles. The Balaban J connectivity index is 1.86. The van der Waals surface area contributed by atoms with Crippen LogP contribution in [0, 0.1) is 0 Å². The molecule has 0 saturated carbocycles. The lowest BCUT2D eigenvalue weighted by Gasteiger charge is -2.26. The summed E-state index contributed by atoms with van der Waals surface area (Å²) in [6.45, 7) is 12.2. The van der Waals surface area contributed by atoms with Gasteiger partial charge in [0, 0.05) is 25.2 Å². The van der Waals surface area contributed by atoms with E-state index < -0.39 is 0 Å². The second kappa shape index (κ2) is 7.79. The lowest BCUT2D eigenvalue weighted by atomic mass is 10.1. The second-order valence-electron chi connectivity index (χ2n) is 7.05. The highest BCUT2D eigenvalue weighted by atomic mass is 16.6. The van der Waals surface area contributed by atoms with Crippen LogP contribution in [0.25, 0.3) is 0 Å². The summed E-state index contributed by atoms with van der Waals surface area (Å²) < 4.78 is 10.8. The van der Waals surface area contributed by atoms with E-state index in [4.69, 9.17) is 9.47 Å². The lowest BCUT2D eigenvalue weighted by molar-refractivity contribution is 0.0342. The standard InChI is InChI=1S/C18H28N2O3/c1-14(23-17(21)19-18(2,3)4)16-7-5-15(6-8-16)13-20-9-11-22-12-10-20/h5-8,14H,9-13H2,1-4H3,(H,19,21)/t14-/m0/s1. The van der Waals surface area contributed by atoms with Crippen LogP contribution in [0.2, 0.25) is 0 Å². The highest BCUT2D eigenvalue weighted by Gasteiger charge is 2.18. The Hall–Kier alpha value is -1.59. The van der Waals surface area contributed by atoms with Gasteiger partial charge in [-0.3, -0.25) is 4.90 Å². The van der Waals surface area contributed by atoms with Crippen LogP contribution in [-0.4, -0.2) is 42.8 Å². The lowest BCUT2D eigenvalue weighted by Crippen LogP contribution is -2.41. The normalized spacial score (nSPS) is 17.6. The molecular weight excluding hydrogens is 292 g/mol. The molecule has 1 aliphatic rings. The first-order valence-corrected chi connectivity index (χ1v) is 8.21. The van der Waals surface area contributed by atoms with Gasteiger partial charge in [0.05, 0.1) is 13.2 Å². The summed E-state index contributed by atoms with van der Waals surface area (Å²) in [7, 11) is 0. The predicted octanol–water partition coefficient (Wildman–Crippen LogP) is 3.10. The highest BCUT2D eigenvalue weighted by Crippen LogP contribution is 2.19. The van der Waals surface area contributed by atoms with E-state index in [-0.39, 0.29) is 17.7 Å². The summed E-state index contributed by atoms with van der Waals surface area (Å²) in [5, 5.41) is 2.81. The monoisotopic (exact) mass is 320 g/mol. The molecule has 0 spiro atoms. The van der Waals surface area contributed by atoms with Crippen LogP contribution in [0.3, 0.4) is 0 Å². The van der Waals surface area contributed by atoms with Gasteiger partial charge in [0.2, 0.25) is 0 Å². The van der Waals surface area contributed by atoms with Crippen molar-refractivity contribution in [2.45, 2.75) is 45.9 Å². The van der Waals surface area contributed by atoms with Gasteiger partial charge in [0.15, 0.2) is 0 Å². The first-order valence-electron chi connectivity index (χ1n) is 8.21. The van der Waals surface area contributed by atoms with Crippen molar-refractivity contribution >= 4 is 6.09 Å². The molecule has 1 aromatic rings. The zero-order valence-electron chi connectivity index (χ0n) is 14.6. The van der Waals surface area contributed by atoms with E-state index in [1.807, 2.05) is 39.8 Å². The maximum absolute atomic E-state index is 11.8. The van der Waals surface area contributed by atoms with Crippen LogP contribution in [0.5, 0.6) is 0 Å². The smallest absolute Gasteiger partial charge is 0.408 e. The van der Waals surface area contributed by atoms with Crippen molar-refractivity contribution in [2.75, 3.05) is 26.3 Å². The number of carbonyl (C=O) groups is 1. The SMILES string of the molecule is C[C@H](OC(=O)NC(C)(C)C)c1ccc(CN2CCOCC2)cc1. The van der Waals surface area contributed by atoms with E-state index in [1.165, 1.54) is 5.56 Å². The van der Waals surface area contributed by atoms with Gasteiger partial charge in [-0.05, 0) is 38.8 Å². The van der Waals surface area contributed by atoms with Crippen molar-refractivity contribution in [3.63, 3.8) is 0 Å². The summed E-state index contributed by atoms with van der Waals surface area (Å²) in [4.78, 5) is 14.2. The number of nitrogens with zero attached hydrogens (tertiary/aromatic N) is 1. The third kappa shape index (κ3) is 6.20. The second-order valence-corrected chi connectivity index (χ2v) is 7.05. The van der Waals surface area contributed by atoms with Gasteiger partial charge in [0.1, 0.15) is 6.10 Å². The van der Waals surface area contributed by atoms with Gasteiger partial charge in [-0.1, -0.05) is 24.3 Å². The summed E-state index contributed by atoms with van der Waals surface area (Å²) in [5.74, 6) is 0. The molecule has 1 aromatic carbocycles. The number of rotatable bonds is 4. The van der Waals surface area contributed by atoms with Gasteiger partial charge in [-0.15, -0.1) is 0 Å². The molecule has 0 radical (unpaired) electrons. The fourth-order valence-corrected chi connectivity index (χ4v) is 2.48. The summed E-state index contributed by atoms with van der Waals surface area (Å²) >= 11 is 0. The van der Waals surface area contributed by atoms with Gasteiger partial charge in [-0.2, -0.15) is 0 Å². The molecule has 0 bridgehead atoms. The molecule has 0 unspecified atom stereocenters. The fourth-order valence-electron chi connectivity index (χ4n) is 2.48. The molecule has 2 rings (SSSR count). The zero-order valence-corrected chi connectivity index (χ0v) is 14.6. The Morgan fingerprint density at radius 2 is 1.87 bits per heavy atom. The average Bonchev–Trinajstić information content (AvgIpc) is 2.47. The number of alkyl carbamates (subject to hydrolysis) is 1. The maximum Gasteiger partial charge on any atom is 0.408 e. The molecule has 5 nitrogen and oxygen atoms in total. The molecule has 1 saturated heterocycles. The minimum Gasteiger partial charge on any atom is -0.442 e. The van der Waals surface area contributed by atoms with E-state index in [9.17, 15) is 4.79 Å². The van der Waals surface area contributed by atoms with E-state index in [1.54, 1.807) is 0 Å². The summed E-state index contributed by atoms with van der Waals surface area (Å²) in [5.41, 5.74) is 1.97. The van der Waals surface area contributed by atoms with Gasteiger partial charge in [0.25, 0.3) is 0 Å². The molecule has 128 valence electrons. The van der Waals surface area contributed by atoms with Crippen molar-refractivity contribution in [3.05, 3.63) is 35.4 Å². The van der Waals surface area contributed by atoms with Crippen LogP contribution in [0.1, 0.15) is 44.9 Å². The van der Waals surface area contributed by atoms with E-state index in [0.29, 0.717) is 0 Å². The molecule has 23 heavy (non-hydrogen) atoms. The average molecular weight is 320 g/mol. The molecule has 1 fully saturated rings. The Morgan fingerprint density at radius 1 is 1.26 bits per heavy atom. The molecule has 1 amide bonds. The fraction of sp³-hybridized carbons (Fsp3) is 0.611. The third-order valence-electron chi connectivity index (χ3n) is 3.72. The van der Waals surface area contributed by atoms with Crippen molar-refractivity contribution in [1.29, 1.82) is 0 Å². The van der Waals surface area contributed by atoms with Crippen LogP contribution < -0.4 is 5.32 Å². The maximum atomic E-state index is 11.8. The van der Waals surface area contributed by atoms with Crippen LogP contribution >= 0.6 is 0 Å². The molecule has 0 aliphatic carbocycles. The molecular formula is C18H28N2O3. The van der Waals surface area contributed by atoms with E-state index in [0.717, 1.165) is 38.4 Å². The number of hydrogen-bond donors (Lipinski definition) is 1. The number of amides is 1. The number of nitrogens with one attached hydrogen (secondary N) is 1. The van der Waals surface area contributed by atoms with Gasteiger partial charge < -0.3 is 14.8 Å². The highest BCUT2D eigenvalue weighted by molar-refractivity contribution is 5.68. The van der Waals surface area contributed by atoms with E-state index in [2.05, 4.69) is 22.3 Å². The van der Waals surface area contributed by atoms with Gasteiger partial charge in [-0.25, -0.2) is 4.79 Å². The Kier molecular flexibility index (Phi) is 6.02. The molecule has 5 heteroatoms. The van der Waals surface area contributed by atoms with Crippen molar-refractivity contribution in [3.8, 4) is 0 Å². The van der Waals surface area contributed by atoms with Crippen LogP contribution in [0.4, 0.5) is 4.79 Å². The number of benzene rings is 1. The molecule has 1 atom stereocenters. The predicted molar refractivity (Wildman–Crippen MR) is 90.3 cm³/mol. The third-order valence-corrected chi connectivity index (χ3v) is 3.72.